The second-order valence-corrected chi connectivity index (χ2v) is 7.40. The molecule has 148 valence electrons. The predicted octanol–water partition coefficient (Wildman–Crippen LogP) is 2.74. The number of imidazole rings is 1. The van der Waals surface area contributed by atoms with Crippen LogP contribution in [0.5, 0.6) is 5.88 Å². The van der Waals surface area contributed by atoms with Gasteiger partial charge in [0.05, 0.1) is 30.3 Å². The number of nitrogen functional groups attached to an aromatic ring is 1. The lowest BCUT2D eigenvalue weighted by atomic mass is 10.0. The second kappa shape index (κ2) is 7.61. The van der Waals surface area contributed by atoms with Crippen molar-refractivity contribution in [2.24, 2.45) is 0 Å². The van der Waals surface area contributed by atoms with Gasteiger partial charge < -0.3 is 15.0 Å². The number of rotatable bonds is 5. The molecule has 4 aromatic rings. The highest BCUT2D eigenvalue weighted by atomic mass is 32.2. The van der Waals surface area contributed by atoms with Crippen LogP contribution in [0.15, 0.2) is 48.9 Å². The average molecular weight is 408 g/mol. The molecule has 3 heterocycles. The third-order valence-electron chi connectivity index (χ3n) is 4.62. The highest BCUT2D eigenvalue weighted by molar-refractivity contribution is 7.78. The van der Waals surface area contributed by atoms with E-state index in [-0.39, 0.29) is 11.6 Å². The Hall–Kier alpha value is -3.30. The van der Waals surface area contributed by atoms with E-state index in [9.17, 15) is 8.76 Å². The Morgan fingerprint density at radius 1 is 1.24 bits per heavy atom. The number of anilines is 1. The Morgan fingerprint density at radius 2 is 2.07 bits per heavy atom. The molecular weight excluding hydrogens is 390 g/mol. The number of benzene rings is 1. The maximum absolute atomic E-state index is 11.1. The molecule has 0 radical (unpaired) electrons. The fourth-order valence-corrected chi connectivity index (χ4v) is 3.71. The number of nitrogens with two attached hydrogens (primary N) is 1. The number of aromatic nitrogens is 4. The van der Waals surface area contributed by atoms with Crippen molar-refractivity contribution in [3.8, 4) is 28.4 Å². The lowest BCUT2D eigenvalue weighted by Crippen LogP contribution is -2.02. The van der Waals surface area contributed by atoms with Gasteiger partial charge in [0, 0.05) is 23.7 Å². The van der Waals surface area contributed by atoms with Gasteiger partial charge in [-0.15, -0.1) is 0 Å². The Morgan fingerprint density at radius 3 is 2.83 bits per heavy atom. The number of pyridine rings is 1. The van der Waals surface area contributed by atoms with Crippen LogP contribution in [-0.2, 0) is 16.8 Å². The first-order valence-electron chi connectivity index (χ1n) is 8.76. The molecule has 4 rings (SSSR count). The summed E-state index contributed by atoms with van der Waals surface area (Å²) in [4.78, 5) is 13.1. The summed E-state index contributed by atoms with van der Waals surface area (Å²) in [6.07, 6.45) is 5.17. The van der Waals surface area contributed by atoms with Gasteiger partial charge in [-0.25, -0.2) is 15.0 Å². The molecule has 8 nitrogen and oxygen atoms in total. The largest absolute Gasteiger partial charge is 0.772 e. The fourth-order valence-electron chi connectivity index (χ4n) is 3.26. The van der Waals surface area contributed by atoms with Crippen molar-refractivity contribution in [1.29, 1.82) is 0 Å². The van der Waals surface area contributed by atoms with Crippen LogP contribution in [0.3, 0.4) is 0 Å². The Bertz CT molecular complexity index is 1240. The van der Waals surface area contributed by atoms with E-state index in [1.165, 1.54) is 0 Å². The second-order valence-electron chi connectivity index (χ2n) is 6.51. The fraction of sp³-hybridized carbons (Fsp3) is 0.150. The SMILES string of the molecule is COc1ncccc1-c1cn2c(-c3cc(CS(=O)[O-])ccc3C)cnc2c(N)n1. The van der Waals surface area contributed by atoms with Crippen LogP contribution in [0, 0.1) is 6.92 Å². The zero-order chi connectivity index (χ0) is 20.5. The molecule has 0 aliphatic carbocycles. The first-order valence-corrected chi connectivity index (χ1v) is 10.0. The summed E-state index contributed by atoms with van der Waals surface area (Å²) in [7, 11) is 1.55. The third-order valence-corrected chi connectivity index (χ3v) is 5.19. The smallest absolute Gasteiger partial charge is 0.222 e. The van der Waals surface area contributed by atoms with Crippen molar-refractivity contribution < 1.29 is 13.5 Å². The number of hydrogen-bond donors (Lipinski definition) is 1. The number of fused-ring (bicyclic) bond motifs is 1. The van der Waals surface area contributed by atoms with Crippen LogP contribution < -0.4 is 10.5 Å². The van der Waals surface area contributed by atoms with Gasteiger partial charge in [-0.2, -0.15) is 0 Å². The molecule has 1 aromatic carbocycles. The summed E-state index contributed by atoms with van der Waals surface area (Å²) in [5.74, 6) is 0.664. The molecule has 0 saturated carbocycles. The van der Waals surface area contributed by atoms with Crippen molar-refractivity contribution in [2.75, 3.05) is 12.8 Å². The molecule has 1 atom stereocenters. The molecule has 0 saturated heterocycles. The Kier molecular flexibility index (Phi) is 4.99. The number of hydrogen-bond acceptors (Lipinski definition) is 7. The van der Waals surface area contributed by atoms with Gasteiger partial charge in [-0.1, -0.05) is 23.2 Å². The first-order chi connectivity index (χ1) is 14.0. The van der Waals surface area contributed by atoms with E-state index in [2.05, 4.69) is 15.0 Å². The first kappa shape index (κ1) is 19.0. The maximum Gasteiger partial charge on any atom is 0.222 e. The van der Waals surface area contributed by atoms with Gasteiger partial charge in [-0.3, -0.25) is 8.61 Å². The molecule has 0 spiro atoms. The van der Waals surface area contributed by atoms with Crippen LogP contribution in [-0.4, -0.2) is 35.2 Å². The molecular formula is C20H18N5O3S-. The molecule has 0 amide bonds. The van der Waals surface area contributed by atoms with E-state index in [0.717, 1.165) is 16.8 Å². The molecule has 0 fully saturated rings. The van der Waals surface area contributed by atoms with Crippen molar-refractivity contribution in [1.82, 2.24) is 19.4 Å². The number of aryl methyl sites for hydroxylation is 1. The minimum Gasteiger partial charge on any atom is -0.772 e. The summed E-state index contributed by atoms with van der Waals surface area (Å²) >= 11 is -2.16. The van der Waals surface area contributed by atoms with E-state index >= 15 is 0 Å². The van der Waals surface area contributed by atoms with Gasteiger partial charge >= 0.3 is 0 Å². The van der Waals surface area contributed by atoms with E-state index in [1.54, 1.807) is 31.6 Å². The standard InChI is InChI=1S/C20H19N5O3S/c1-12-5-6-13(11-29(26)27)8-15(12)17-9-23-19-18(21)24-16(10-25(17)19)14-4-3-7-22-20(14)28-2/h3-10H,11H2,1-2H3,(H2,21,24)(H,26,27)/p-1. The highest BCUT2D eigenvalue weighted by Gasteiger charge is 2.16. The third kappa shape index (κ3) is 3.57. The number of ether oxygens (including phenoxy) is 1. The van der Waals surface area contributed by atoms with Crippen LogP contribution in [0.1, 0.15) is 11.1 Å². The van der Waals surface area contributed by atoms with Gasteiger partial charge in [-0.05, 0) is 36.2 Å². The number of methoxy groups -OCH3 is 1. The summed E-state index contributed by atoms with van der Waals surface area (Å²) in [5.41, 5.74) is 11.3. The van der Waals surface area contributed by atoms with Gasteiger partial charge in [0.1, 0.15) is 0 Å². The monoisotopic (exact) mass is 408 g/mol. The van der Waals surface area contributed by atoms with Crippen molar-refractivity contribution in [2.45, 2.75) is 12.7 Å². The van der Waals surface area contributed by atoms with Crippen molar-refractivity contribution in [3.05, 3.63) is 60.0 Å². The summed E-state index contributed by atoms with van der Waals surface area (Å²) in [6.45, 7) is 1.96. The quantitative estimate of drug-likeness (QED) is 0.504. The Labute approximate surface area is 169 Å². The van der Waals surface area contributed by atoms with Crippen LogP contribution in [0.2, 0.25) is 0 Å². The zero-order valence-electron chi connectivity index (χ0n) is 15.8. The number of nitrogens with zero attached hydrogens (tertiary/aromatic N) is 4. The summed E-state index contributed by atoms with van der Waals surface area (Å²) in [6, 6.07) is 9.21. The van der Waals surface area contributed by atoms with Gasteiger partial charge in [0.2, 0.25) is 5.88 Å². The average Bonchev–Trinajstić information content (AvgIpc) is 3.13. The Balaban J connectivity index is 1.92. The molecule has 0 bridgehead atoms. The van der Waals surface area contributed by atoms with Crippen molar-refractivity contribution >= 4 is 22.5 Å². The van der Waals surface area contributed by atoms with Gasteiger partial charge in [0.25, 0.3) is 0 Å². The minimum absolute atomic E-state index is 0.0498. The van der Waals surface area contributed by atoms with E-state index < -0.39 is 11.1 Å². The summed E-state index contributed by atoms with van der Waals surface area (Å²) < 4.78 is 29.4. The van der Waals surface area contributed by atoms with E-state index in [1.807, 2.05) is 35.7 Å². The topological polar surface area (TPSA) is 118 Å². The van der Waals surface area contributed by atoms with E-state index in [4.69, 9.17) is 10.5 Å². The van der Waals surface area contributed by atoms with E-state index in [0.29, 0.717) is 28.3 Å². The molecule has 0 aliphatic heterocycles. The van der Waals surface area contributed by atoms with Crippen LogP contribution in [0.4, 0.5) is 5.82 Å². The predicted molar refractivity (Wildman–Crippen MR) is 110 cm³/mol. The maximum atomic E-state index is 11.1. The molecule has 9 heteroatoms. The lowest BCUT2D eigenvalue weighted by molar-refractivity contribution is 0.399. The molecule has 29 heavy (non-hydrogen) atoms. The summed E-state index contributed by atoms with van der Waals surface area (Å²) in [5, 5.41) is 0. The molecule has 2 N–H and O–H groups in total. The molecule has 3 aromatic heterocycles. The lowest BCUT2D eigenvalue weighted by Gasteiger charge is -2.12. The van der Waals surface area contributed by atoms with Crippen LogP contribution in [0.25, 0.3) is 28.2 Å². The highest BCUT2D eigenvalue weighted by Crippen LogP contribution is 2.31. The van der Waals surface area contributed by atoms with Crippen molar-refractivity contribution in [3.63, 3.8) is 0 Å². The molecule has 1 unspecified atom stereocenters. The molecule has 0 aliphatic rings. The van der Waals surface area contributed by atoms with Gasteiger partial charge in [0.15, 0.2) is 11.5 Å². The minimum atomic E-state index is -2.16. The van der Waals surface area contributed by atoms with Crippen LogP contribution >= 0.6 is 0 Å². The zero-order valence-corrected chi connectivity index (χ0v) is 16.6. The normalized spacial score (nSPS) is 12.2.